The first kappa shape index (κ1) is 16.5. The highest BCUT2D eigenvalue weighted by molar-refractivity contribution is 7.93. The smallest absolute Gasteiger partial charge is 0.282 e. The molecule has 8 heteroatoms. The third kappa shape index (κ3) is 3.65. The lowest BCUT2D eigenvalue weighted by molar-refractivity contribution is 0.483. The highest BCUT2D eigenvalue weighted by Gasteiger charge is 2.21. The molecule has 0 aliphatic rings. The van der Waals surface area contributed by atoms with E-state index in [2.05, 4.69) is 4.72 Å². The number of rotatable bonds is 4. The maximum atomic E-state index is 12.3. The average Bonchev–Trinajstić information content (AvgIpc) is 2.40. The Morgan fingerprint density at radius 2 is 1.41 bits per heavy atom. The fraction of sp³-hybridized carbons (Fsp3) is 0.143. The normalized spacial score (nSPS) is 12.1. The Morgan fingerprint density at radius 3 is 1.95 bits per heavy atom. The summed E-state index contributed by atoms with van der Waals surface area (Å²) in [6.07, 6.45) is 0. The van der Waals surface area contributed by atoms with Gasteiger partial charge in [0.1, 0.15) is 4.90 Å². The van der Waals surface area contributed by atoms with Crippen molar-refractivity contribution >= 4 is 25.8 Å². The molecule has 6 nitrogen and oxygen atoms in total. The zero-order valence-corrected chi connectivity index (χ0v) is 13.6. The van der Waals surface area contributed by atoms with Crippen molar-refractivity contribution in [3.63, 3.8) is 0 Å². The number of aryl methyl sites for hydroxylation is 2. The first-order chi connectivity index (χ1) is 10.1. The van der Waals surface area contributed by atoms with E-state index in [0.29, 0.717) is 5.56 Å². The summed E-state index contributed by atoms with van der Waals surface area (Å²) in [5.41, 5.74) is 1.27. The maximum absolute atomic E-state index is 12.3. The molecular formula is C14H15NO5S2. The molecule has 2 aromatic carbocycles. The zero-order valence-electron chi connectivity index (χ0n) is 11.9. The summed E-state index contributed by atoms with van der Waals surface area (Å²) in [5.74, 6) is 0. The number of nitrogens with one attached hydrogen (secondary N) is 1. The van der Waals surface area contributed by atoms with Crippen LogP contribution < -0.4 is 4.72 Å². The third-order valence-electron chi connectivity index (χ3n) is 2.99. The quantitative estimate of drug-likeness (QED) is 0.831. The lowest BCUT2D eigenvalue weighted by Crippen LogP contribution is -2.15. The summed E-state index contributed by atoms with van der Waals surface area (Å²) in [6, 6.07) is 10.1. The zero-order chi connectivity index (χ0) is 16.5. The van der Waals surface area contributed by atoms with Crippen LogP contribution in [0.2, 0.25) is 0 Å². The van der Waals surface area contributed by atoms with Crippen LogP contribution >= 0.6 is 0 Å². The molecular weight excluding hydrogens is 326 g/mol. The maximum Gasteiger partial charge on any atom is 0.296 e. The molecule has 0 unspecified atom stereocenters. The van der Waals surface area contributed by atoms with Crippen LogP contribution in [0.25, 0.3) is 0 Å². The van der Waals surface area contributed by atoms with Gasteiger partial charge in [-0.05, 0) is 43.7 Å². The van der Waals surface area contributed by atoms with Crippen molar-refractivity contribution < 1.29 is 21.4 Å². The molecule has 0 radical (unpaired) electrons. The van der Waals surface area contributed by atoms with Gasteiger partial charge >= 0.3 is 0 Å². The Labute approximate surface area is 129 Å². The van der Waals surface area contributed by atoms with Gasteiger partial charge in [-0.3, -0.25) is 9.27 Å². The molecule has 2 rings (SSSR count). The van der Waals surface area contributed by atoms with Crippen LogP contribution in [0.1, 0.15) is 11.1 Å². The molecule has 0 spiro atoms. The van der Waals surface area contributed by atoms with Crippen molar-refractivity contribution in [2.24, 2.45) is 0 Å². The van der Waals surface area contributed by atoms with E-state index >= 15 is 0 Å². The topological polar surface area (TPSA) is 101 Å². The monoisotopic (exact) mass is 341 g/mol. The minimum absolute atomic E-state index is 0.0000345. The van der Waals surface area contributed by atoms with Gasteiger partial charge in [0.15, 0.2) is 0 Å². The number of sulfonamides is 1. The standard InChI is InChI=1S/C14H15NO5S2/c1-10-3-6-12(7-4-10)21(16,17)15-13-8-5-11(2)9-14(13)22(18,19)20/h3-9,15H,1-2H3,(H,18,19,20). The van der Waals surface area contributed by atoms with E-state index < -0.39 is 25.0 Å². The summed E-state index contributed by atoms with van der Waals surface area (Å²) in [6.45, 7) is 3.45. The molecule has 0 amide bonds. The Morgan fingerprint density at radius 1 is 0.864 bits per heavy atom. The van der Waals surface area contributed by atoms with Crippen LogP contribution in [-0.2, 0) is 20.1 Å². The molecule has 0 heterocycles. The van der Waals surface area contributed by atoms with Gasteiger partial charge in [-0.25, -0.2) is 8.42 Å². The third-order valence-corrected chi connectivity index (χ3v) is 5.27. The van der Waals surface area contributed by atoms with E-state index in [4.69, 9.17) is 0 Å². The van der Waals surface area contributed by atoms with Crippen LogP contribution in [-0.4, -0.2) is 21.4 Å². The second-order valence-electron chi connectivity index (χ2n) is 4.89. The van der Waals surface area contributed by atoms with Gasteiger partial charge in [0.2, 0.25) is 0 Å². The molecule has 2 N–H and O–H groups in total. The van der Waals surface area contributed by atoms with Crippen molar-refractivity contribution in [1.82, 2.24) is 0 Å². The predicted molar refractivity (Wildman–Crippen MR) is 83.0 cm³/mol. The van der Waals surface area contributed by atoms with E-state index in [9.17, 15) is 21.4 Å². The molecule has 0 fully saturated rings. The first-order valence-corrected chi connectivity index (χ1v) is 9.19. The minimum atomic E-state index is -4.54. The summed E-state index contributed by atoms with van der Waals surface area (Å²) in [7, 11) is -8.50. The van der Waals surface area contributed by atoms with Crippen LogP contribution in [0.15, 0.2) is 52.3 Å². The molecule has 0 saturated carbocycles. The molecule has 118 valence electrons. The largest absolute Gasteiger partial charge is 0.296 e. The Bertz CT molecular complexity index is 901. The van der Waals surface area contributed by atoms with Crippen LogP contribution in [0.4, 0.5) is 5.69 Å². The second kappa shape index (κ2) is 5.71. The lowest BCUT2D eigenvalue weighted by atomic mass is 10.2. The molecule has 0 aliphatic heterocycles. The van der Waals surface area contributed by atoms with Crippen molar-refractivity contribution in [1.29, 1.82) is 0 Å². The highest BCUT2D eigenvalue weighted by atomic mass is 32.2. The van der Waals surface area contributed by atoms with Gasteiger partial charge in [0.05, 0.1) is 10.6 Å². The van der Waals surface area contributed by atoms with Crippen molar-refractivity contribution in [2.45, 2.75) is 23.6 Å². The molecule has 0 saturated heterocycles. The van der Waals surface area contributed by atoms with Crippen LogP contribution in [0, 0.1) is 13.8 Å². The van der Waals surface area contributed by atoms with Gasteiger partial charge in [-0.1, -0.05) is 23.8 Å². The Hall–Kier alpha value is -1.90. The van der Waals surface area contributed by atoms with E-state index in [1.54, 1.807) is 25.1 Å². The SMILES string of the molecule is Cc1ccc(S(=O)(=O)Nc2ccc(C)cc2S(=O)(=O)O)cc1. The molecule has 2 aromatic rings. The molecule has 22 heavy (non-hydrogen) atoms. The summed E-state index contributed by atoms with van der Waals surface area (Å²) >= 11 is 0. The predicted octanol–water partition coefficient (Wildman–Crippen LogP) is 2.35. The highest BCUT2D eigenvalue weighted by Crippen LogP contribution is 2.25. The molecule has 0 aliphatic carbocycles. The molecule has 0 bridgehead atoms. The first-order valence-electron chi connectivity index (χ1n) is 6.27. The average molecular weight is 341 g/mol. The van der Waals surface area contributed by atoms with Crippen molar-refractivity contribution in [2.75, 3.05) is 4.72 Å². The Kier molecular flexibility index (Phi) is 4.28. The second-order valence-corrected chi connectivity index (χ2v) is 7.97. The van der Waals surface area contributed by atoms with Gasteiger partial charge in [-0.2, -0.15) is 8.42 Å². The van der Waals surface area contributed by atoms with Crippen LogP contribution in [0.3, 0.4) is 0 Å². The van der Waals surface area contributed by atoms with Gasteiger partial charge in [0, 0.05) is 0 Å². The summed E-state index contributed by atoms with van der Waals surface area (Å²) < 4.78 is 58.8. The molecule has 0 aromatic heterocycles. The van der Waals surface area contributed by atoms with E-state index in [1.165, 1.54) is 24.3 Å². The molecule has 0 atom stereocenters. The fourth-order valence-electron chi connectivity index (χ4n) is 1.85. The van der Waals surface area contributed by atoms with Gasteiger partial charge in [-0.15, -0.1) is 0 Å². The van der Waals surface area contributed by atoms with Crippen LogP contribution in [0.5, 0.6) is 0 Å². The van der Waals surface area contributed by atoms with Gasteiger partial charge in [0.25, 0.3) is 20.1 Å². The van der Waals surface area contributed by atoms with E-state index in [1.807, 2.05) is 6.92 Å². The number of anilines is 1. The fourth-order valence-corrected chi connectivity index (χ4v) is 3.72. The lowest BCUT2D eigenvalue weighted by Gasteiger charge is -2.12. The minimum Gasteiger partial charge on any atom is -0.282 e. The number of benzene rings is 2. The number of hydrogen-bond acceptors (Lipinski definition) is 4. The van der Waals surface area contributed by atoms with E-state index in [-0.39, 0.29) is 10.6 Å². The van der Waals surface area contributed by atoms with E-state index in [0.717, 1.165) is 5.56 Å². The van der Waals surface area contributed by atoms with Gasteiger partial charge < -0.3 is 0 Å². The van der Waals surface area contributed by atoms with Crippen molar-refractivity contribution in [3.8, 4) is 0 Å². The van der Waals surface area contributed by atoms with Crippen molar-refractivity contribution in [3.05, 3.63) is 53.6 Å². The number of hydrogen-bond donors (Lipinski definition) is 2. The Balaban J connectivity index is 2.49. The summed E-state index contributed by atoms with van der Waals surface area (Å²) in [4.78, 5) is -0.483. The summed E-state index contributed by atoms with van der Waals surface area (Å²) in [5, 5.41) is 0.